The summed E-state index contributed by atoms with van der Waals surface area (Å²) in [6.07, 6.45) is 8.39. The van der Waals surface area contributed by atoms with E-state index in [1.165, 1.54) is 45.1 Å². The van der Waals surface area contributed by atoms with Crippen molar-refractivity contribution in [3.8, 4) is 0 Å². The highest BCUT2D eigenvalue weighted by Crippen LogP contribution is 2.21. The van der Waals surface area contributed by atoms with Crippen LogP contribution in [-0.2, 0) is 4.74 Å². The van der Waals surface area contributed by atoms with Crippen LogP contribution in [0, 0.1) is 5.92 Å². The molecule has 3 nitrogen and oxygen atoms in total. The van der Waals surface area contributed by atoms with Crippen molar-refractivity contribution in [3.05, 3.63) is 0 Å². The van der Waals surface area contributed by atoms with Crippen LogP contribution < -0.4 is 5.32 Å². The minimum Gasteiger partial charge on any atom is -0.384 e. The second kappa shape index (κ2) is 9.76. The van der Waals surface area contributed by atoms with Gasteiger partial charge in [-0.1, -0.05) is 26.2 Å². The average molecular weight is 256 g/mol. The van der Waals surface area contributed by atoms with Gasteiger partial charge in [0.25, 0.3) is 0 Å². The first kappa shape index (κ1) is 15.9. The van der Waals surface area contributed by atoms with Gasteiger partial charge in [-0.2, -0.15) is 0 Å². The molecule has 0 bridgehead atoms. The predicted octanol–water partition coefficient (Wildman–Crippen LogP) is 2.51. The van der Waals surface area contributed by atoms with E-state index in [0.29, 0.717) is 5.92 Å². The van der Waals surface area contributed by atoms with E-state index < -0.39 is 0 Å². The molecule has 0 saturated heterocycles. The standard InChI is InChI=1S/C15H32N2O/c1-14(13-18-3)12-16-10-7-11-17(2)15-8-5-4-6-9-15/h14-16H,4-13H2,1-3H3. The predicted molar refractivity (Wildman–Crippen MR) is 78.0 cm³/mol. The summed E-state index contributed by atoms with van der Waals surface area (Å²) in [4.78, 5) is 2.57. The summed E-state index contributed by atoms with van der Waals surface area (Å²) >= 11 is 0. The number of hydrogen-bond acceptors (Lipinski definition) is 3. The van der Waals surface area contributed by atoms with E-state index in [4.69, 9.17) is 4.74 Å². The van der Waals surface area contributed by atoms with E-state index in [2.05, 4.69) is 24.2 Å². The molecule has 1 N–H and O–H groups in total. The molecule has 1 fully saturated rings. The Morgan fingerprint density at radius 2 is 2.00 bits per heavy atom. The summed E-state index contributed by atoms with van der Waals surface area (Å²) < 4.78 is 5.13. The molecule has 1 rings (SSSR count). The summed E-state index contributed by atoms with van der Waals surface area (Å²) in [6, 6.07) is 0.853. The second-order valence-corrected chi connectivity index (χ2v) is 5.89. The molecule has 0 aromatic carbocycles. The summed E-state index contributed by atoms with van der Waals surface area (Å²) in [5, 5.41) is 3.52. The van der Waals surface area contributed by atoms with Crippen LogP contribution in [0.2, 0.25) is 0 Å². The van der Waals surface area contributed by atoms with Crippen LogP contribution in [0.4, 0.5) is 0 Å². The van der Waals surface area contributed by atoms with Gasteiger partial charge in [0.2, 0.25) is 0 Å². The van der Waals surface area contributed by atoms with E-state index in [9.17, 15) is 0 Å². The van der Waals surface area contributed by atoms with Gasteiger partial charge >= 0.3 is 0 Å². The first-order valence-electron chi connectivity index (χ1n) is 7.64. The Kier molecular flexibility index (Phi) is 8.64. The normalized spacial score (nSPS) is 19.3. The van der Waals surface area contributed by atoms with Gasteiger partial charge in [0, 0.05) is 19.8 Å². The topological polar surface area (TPSA) is 24.5 Å². The van der Waals surface area contributed by atoms with Gasteiger partial charge in [-0.3, -0.25) is 0 Å². The molecule has 1 aliphatic rings. The zero-order valence-electron chi connectivity index (χ0n) is 12.6. The average Bonchev–Trinajstić information content (AvgIpc) is 2.39. The Bertz CT molecular complexity index is 193. The zero-order chi connectivity index (χ0) is 13.2. The molecular weight excluding hydrogens is 224 g/mol. The lowest BCUT2D eigenvalue weighted by Crippen LogP contribution is -2.35. The van der Waals surface area contributed by atoms with Crippen molar-refractivity contribution >= 4 is 0 Å². The molecule has 0 spiro atoms. The summed E-state index contributed by atoms with van der Waals surface area (Å²) in [5.41, 5.74) is 0. The minimum atomic E-state index is 0.617. The molecule has 0 heterocycles. The molecular formula is C15H32N2O. The van der Waals surface area contributed by atoms with Crippen molar-refractivity contribution in [1.82, 2.24) is 10.2 Å². The molecule has 0 aliphatic heterocycles. The second-order valence-electron chi connectivity index (χ2n) is 5.89. The zero-order valence-corrected chi connectivity index (χ0v) is 12.6. The number of nitrogens with one attached hydrogen (secondary N) is 1. The lowest BCUT2D eigenvalue weighted by atomic mass is 9.94. The van der Waals surface area contributed by atoms with Crippen molar-refractivity contribution in [2.75, 3.05) is 40.4 Å². The lowest BCUT2D eigenvalue weighted by molar-refractivity contribution is 0.157. The van der Waals surface area contributed by atoms with E-state index >= 15 is 0 Å². The molecule has 0 amide bonds. The summed E-state index contributed by atoms with van der Waals surface area (Å²) in [7, 11) is 4.07. The highest BCUT2D eigenvalue weighted by Gasteiger charge is 2.17. The lowest BCUT2D eigenvalue weighted by Gasteiger charge is -2.31. The molecule has 1 aliphatic carbocycles. The third-order valence-corrected chi connectivity index (χ3v) is 4.01. The summed E-state index contributed by atoms with van der Waals surface area (Å²) in [5.74, 6) is 0.617. The highest BCUT2D eigenvalue weighted by molar-refractivity contribution is 4.73. The van der Waals surface area contributed by atoms with Crippen molar-refractivity contribution in [2.45, 2.75) is 51.5 Å². The van der Waals surface area contributed by atoms with Crippen molar-refractivity contribution in [2.24, 2.45) is 5.92 Å². The highest BCUT2D eigenvalue weighted by atomic mass is 16.5. The number of nitrogens with zero attached hydrogens (tertiary/aromatic N) is 1. The molecule has 108 valence electrons. The van der Waals surface area contributed by atoms with Gasteiger partial charge in [0.05, 0.1) is 0 Å². The molecule has 1 atom stereocenters. The van der Waals surface area contributed by atoms with Gasteiger partial charge in [-0.05, 0) is 51.9 Å². The SMILES string of the molecule is COCC(C)CNCCCN(C)C1CCCCC1. The van der Waals surface area contributed by atoms with Crippen LogP contribution >= 0.6 is 0 Å². The van der Waals surface area contributed by atoms with Crippen molar-refractivity contribution in [3.63, 3.8) is 0 Å². The van der Waals surface area contributed by atoms with Crippen LogP contribution in [0.3, 0.4) is 0 Å². The molecule has 0 aromatic rings. The quantitative estimate of drug-likeness (QED) is 0.642. The van der Waals surface area contributed by atoms with Crippen LogP contribution in [-0.4, -0.2) is 51.3 Å². The molecule has 1 saturated carbocycles. The maximum absolute atomic E-state index is 5.13. The molecule has 0 radical (unpaired) electrons. The largest absolute Gasteiger partial charge is 0.384 e. The molecule has 0 aromatic heterocycles. The fourth-order valence-corrected chi connectivity index (χ4v) is 2.85. The van der Waals surface area contributed by atoms with Crippen LogP contribution in [0.5, 0.6) is 0 Å². The first-order valence-corrected chi connectivity index (χ1v) is 7.64. The molecule has 18 heavy (non-hydrogen) atoms. The Hall–Kier alpha value is -0.120. The number of methoxy groups -OCH3 is 1. The monoisotopic (exact) mass is 256 g/mol. The first-order chi connectivity index (χ1) is 8.74. The number of rotatable bonds is 9. The van der Waals surface area contributed by atoms with Gasteiger partial charge in [-0.15, -0.1) is 0 Å². The van der Waals surface area contributed by atoms with Gasteiger partial charge in [0.15, 0.2) is 0 Å². The van der Waals surface area contributed by atoms with Gasteiger partial charge in [-0.25, -0.2) is 0 Å². The Morgan fingerprint density at radius 3 is 2.67 bits per heavy atom. The van der Waals surface area contributed by atoms with Crippen LogP contribution in [0.15, 0.2) is 0 Å². The van der Waals surface area contributed by atoms with E-state index in [1.54, 1.807) is 7.11 Å². The Labute approximate surface area is 113 Å². The van der Waals surface area contributed by atoms with Crippen molar-refractivity contribution in [1.29, 1.82) is 0 Å². The number of ether oxygens (including phenoxy) is 1. The summed E-state index contributed by atoms with van der Waals surface area (Å²) in [6.45, 7) is 6.52. The Balaban J connectivity index is 1.96. The fourth-order valence-electron chi connectivity index (χ4n) is 2.85. The minimum absolute atomic E-state index is 0.617. The third-order valence-electron chi connectivity index (χ3n) is 4.01. The number of hydrogen-bond donors (Lipinski definition) is 1. The Morgan fingerprint density at radius 1 is 1.28 bits per heavy atom. The third kappa shape index (κ3) is 6.72. The molecule has 1 unspecified atom stereocenters. The van der Waals surface area contributed by atoms with E-state index in [-0.39, 0.29) is 0 Å². The smallest absolute Gasteiger partial charge is 0.0499 e. The van der Waals surface area contributed by atoms with E-state index in [1.807, 2.05) is 0 Å². The van der Waals surface area contributed by atoms with Gasteiger partial charge in [0.1, 0.15) is 0 Å². The van der Waals surface area contributed by atoms with Crippen LogP contribution in [0.25, 0.3) is 0 Å². The fraction of sp³-hybridized carbons (Fsp3) is 1.00. The molecule has 3 heteroatoms. The van der Waals surface area contributed by atoms with Crippen LogP contribution in [0.1, 0.15) is 45.4 Å². The van der Waals surface area contributed by atoms with Crippen molar-refractivity contribution < 1.29 is 4.74 Å². The van der Waals surface area contributed by atoms with E-state index in [0.717, 1.165) is 25.7 Å². The van der Waals surface area contributed by atoms with Gasteiger partial charge < -0.3 is 15.0 Å². The maximum Gasteiger partial charge on any atom is 0.0499 e. The maximum atomic E-state index is 5.13.